The molecule has 0 aromatic heterocycles. The molecule has 1 aliphatic heterocycles. The van der Waals surface area contributed by atoms with E-state index in [1.54, 1.807) is 0 Å². The molecule has 4 heteroatoms. The lowest BCUT2D eigenvalue weighted by Crippen LogP contribution is -2.46. The normalized spacial score (nSPS) is 15.0. The Bertz CT molecular complexity index is 731. The third-order valence-electron chi connectivity index (χ3n) is 10.4. The van der Waals surface area contributed by atoms with Crippen molar-refractivity contribution in [1.29, 1.82) is 0 Å². The van der Waals surface area contributed by atoms with Gasteiger partial charge in [0.25, 0.3) is 0 Å². The molecule has 1 fully saturated rings. The SMILES string of the molecule is CCCCC/C=C\C/C=C\CCCCCCCCC(CCCCCCCC/C=C\C/C=C\CCCCC)NCCNCCN1CCN(C)CC1. The van der Waals surface area contributed by atoms with E-state index in [0.29, 0.717) is 6.04 Å². The second kappa shape index (κ2) is 39.0. The van der Waals surface area contributed by atoms with Crippen LogP contribution in [0.3, 0.4) is 0 Å². The Balaban J connectivity index is 2.13. The summed E-state index contributed by atoms with van der Waals surface area (Å²) < 4.78 is 0. The van der Waals surface area contributed by atoms with Crippen LogP contribution in [0.15, 0.2) is 48.6 Å². The highest BCUT2D eigenvalue weighted by atomic mass is 15.2. The van der Waals surface area contributed by atoms with Crippen molar-refractivity contribution in [3.63, 3.8) is 0 Å². The molecule has 0 spiro atoms. The molecule has 2 N–H and O–H groups in total. The van der Waals surface area contributed by atoms with Crippen LogP contribution < -0.4 is 10.6 Å². The average Bonchev–Trinajstić information content (AvgIpc) is 3.13. The summed E-state index contributed by atoms with van der Waals surface area (Å²) in [5.41, 5.74) is 0. The van der Waals surface area contributed by atoms with Gasteiger partial charge < -0.3 is 15.5 Å². The first-order chi connectivity index (χ1) is 24.8. The van der Waals surface area contributed by atoms with Crippen LogP contribution in [0, 0.1) is 0 Å². The lowest BCUT2D eigenvalue weighted by molar-refractivity contribution is 0.155. The van der Waals surface area contributed by atoms with Crippen LogP contribution in [-0.2, 0) is 0 Å². The summed E-state index contributed by atoms with van der Waals surface area (Å²) in [6.07, 6.45) is 53.7. The van der Waals surface area contributed by atoms with Gasteiger partial charge in [0.1, 0.15) is 0 Å². The molecule has 0 bridgehead atoms. The maximum Gasteiger partial charge on any atom is 0.0110 e. The van der Waals surface area contributed by atoms with E-state index in [1.165, 1.54) is 187 Å². The third-order valence-corrected chi connectivity index (χ3v) is 10.4. The van der Waals surface area contributed by atoms with Gasteiger partial charge in [0, 0.05) is 58.4 Å². The molecule has 0 radical (unpaired) electrons. The van der Waals surface area contributed by atoms with Crippen molar-refractivity contribution in [3.05, 3.63) is 48.6 Å². The molecule has 1 rings (SSSR count). The minimum Gasteiger partial charge on any atom is -0.314 e. The van der Waals surface area contributed by atoms with Gasteiger partial charge in [-0.25, -0.2) is 0 Å². The summed E-state index contributed by atoms with van der Waals surface area (Å²) in [4.78, 5) is 5.05. The Labute approximate surface area is 314 Å². The molecule has 1 heterocycles. The first-order valence-corrected chi connectivity index (χ1v) is 22.2. The minimum atomic E-state index is 0.700. The maximum atomic E-state index is 3.96. The van der Waals surface area contributed by atoms with E-state index in [4.69, 9.17) is 0 Å². The maximum absolute atomic E-state index is 3.96. The Hall–Kier alpha value is -1.20. The molecule has 0 saturated carbocycles. The number of piperazine rings is 1. The van der Waals surface area contributed by atoms with Gasteiger partial charge in [-0.2, -0.15) is 0 Å². The molecule has 0 aromatic carbocycles. The highest BCUT2D eigenvalue weighted by Gasteiger charge is 2.13. The van der Waals surface area contributed by atoms with Crippen LogP contribution in [0.4, 0.5) is 0 Å². The largest absolute Gasteiger partial charge is 0.314 e. The fourth-order valence-corrected chi connectivity index (χ4v) is 6.90. The van der Waals surface area contributed by atoms with Crippen LogP contribution in [0.2, 0.25) is 0 Å². The molecule has 0 atom stereocenters. The van der Waals surface area contributed by atoms with Crippen LogP contribution in [0.1, 0.15) is 181 Å². The molecule has 292 valence electrons. The summed E-state index contributed by atoms with van der Waals surface area (Å²) >= 11 is 0. The number of hydrogen-bond acceptors (Lipinski definition) is 4. The number of allylic oxidation sites excluding steroid dienone is 8. The Morgan fingerprint density at radius 3 is 1.34 bits per heavy atom. The van der Waals surface area contributed by atoms with Gasteiger partial charge in [0.2, 0.25) is 0 Å². The van der Waals surface area contributed by atoms with Crippen molar-refractivity contribution < 1.29 is 0 Å². The van der Waals surface area contributed by atoms with E-state index >= 15 is 0 Å². The summed E-state index contributed by atoms with van der Waals surface area (Å²) in [7, 11) is 2.24. The van der Waals surface area contributed by atoms with Gasteiger partial charge in [-0.1, -0.05) is 152 Å². The molecule has 1 aliphatic rings. The Kier molecular flexibility index (Phi) is 36.5. The lowest BCUT2D eigenvalue weighted by Gasteiger charge is -2.32. The van der Waals surface area contributed by atoms with Crippen molar-refractivity contribution in [3.8, 4) is 0 Å². The first kappa shape index (κ1) is 46.8. The molecule has 0 amide bonds. The molecule has 0 aliphatic carbocycles. The molecular weight excluding hydrogens is 609 g/mol. The zero-order valence-corrected chi connectivity index (χ0v) is 34.1. The van der Waals surface area contributed by atoms with Crippen molar-refractivity contribution in [1.82, 2.24) is 20.4 Å². The summed E-state index contributed by atoms with van der Waals surface area (Å²) in [6.45, 7) is 13.9. The van der Waals surface area contributed by atoms with Crippen molar-refractivity contribution in [2.45, 2.75) is 187 Å². The van der Waals surface area contributed by atoms with Gasteiger partial charge in [0.05, 0.1) is 0 Å². The number of hydrogen-bond donors (Lipinski definition) is 2. The monoisotopic (exact) mass is 697 g/mol. The fraction of sp³-hybridized carbons (Fsp3) is 0.826. The minimum absolute atomic E-state index is 0.700. The van der Waals surface area contributed by atoms with Crippen molar-refractivity contribution in [2.24, 2.45) is 0 Å². The zero-order chi connectivity index (χ0) is 35.8. The van der Waals surface area contributed by atoms with Crippen LogP contribution in [-0.4, -0.2) is 75.2 Å². The van der Waals surface area contributed by atoms with Crippen LogP contribution >= 0.6 is 0 Å². The molecule has 0 unspecified atom stereocenters. The van der Waals surface area contributed by atoms with E-state index in [2.05, 4.69) is 89.9 Å². The van der Waals surface area contributed by atoms with Gasteiger partial charge in [0.15, 0.2) is 0 Å². The van der Waals surface area contributed by atoms with Gasteiger partial charge >= 0.3 is 0 Å². The molecule has 4 nitrogen and oxygen atoms in total. The predicted molar refractivity (Wildman–Crippen MR) is 227 cm³/mol. The third kappa shape index (κ3) is 33.9. The summed E-state index contributed by atoms with van der Waals surface area (Å²) in [6, 6.07) is 0.700. The van der Waals surface area contributed by atoms with E-state index < -0.39 is 0 Å². The summed E-state index contributed by atoms with van der Waals surface area (Å²) in [5, 5.41) is 7.67. The quantitative estimate of drug-likeness (QED) is 0.0500. The standard InChI is InChI=1S/C46H88N4/c1-4-6-8-10-12-14-16-18-20-22-24-26-28-30-32-34-36-46(48-39-38-47-40-41-50-44-42-49(3)43-45-50)37-35-33-31-29-27-25-23-21-19-17-15-13-11-9-7-5-2/h12-15,18-21,46-48H,4-11,16-17,22-45H2,1-3H3/b14-12-,15-13-,20-18-,21-19-. The fourth-order valence-electron chi connectivity index (χ4n) is 6.90. The highest BCUT2D eigenvalue weighted by Crippen LogP contribution is 2.15. The zero-order valence-electron chi connectivity index (χ0n) is 34.1. The number of nitrogens with zero attached hydrogens (tertiary/aromatic N) is 2. The van der Waals surface area contributed by atoms with E-state index in [9.17, 15) is 0 Å². The van der Waals surface area contributed by atoms with E-state index in [0.717, 1.165) is 32.5 Å². The summed E-state index contributed by atoms with van der Waals surface area (Å²) in [5.74, 6) is 0. The van der Waals surface area contributed by atoms with E-state index in [-0.39, 0.29) is 0 Å². The van der Waals surface area contributed by atoms with Crippen molar-refractivity contribution >= 4 is 0 Å². The average molecular weight is 697 g/mol. The topological polar surface area (TPSA) is 30.5 Å². The lowest BCUT2D eigenvalue weighted by atomic mass is 9.99. The first-order valence-electron chi connectivity index (χ1n) is 22.2. The smallest absolute Gasteiger partial charge is 0.0110 e. The van der Waals surface area contributed by atoms with Gasteiger partial charge in [-0.3, -0.25) is 4.90 Å². The number of likely N-dealkylation sites (N-methyl/N-ethyl adjacent to an activating group) is 1. The van der Waals surface area contributed by atoms with Crippen LogP contribution in [0.25, 0.3) is 0 Å². The molecular formula is C46H88N4. The number of unbranched alkanes of at least 4 members (excludes halogenated alkanes) is 18. The van der Waals surface area contributed by atoms with Gasteiger partial charge in [-0.15, -0.1) is 0 Å². The number of rotatable bonds is 37. The highest BCUT2D eigenvalue weighted by molar-refractivity contribution is 4.93. The van der Waals surface area contributed by atoms with E-state index in [1.807, 2.05) is 0 Å². The number of nitrogens with one attached hydrogen (secondary N) is 2. The van der Waals surface area contributed by atoms with Crippen LogP contribution in [0.5, 0.6) is 0 Å². The predicted octanol–water partition coefficient (Wildman–Crippen LogP) is 12.2. The molecule has 0 aromatic rings. The Morgan fingerprint density at radius 2 is 0.880 bits per heavy atom. The Morgan fingerprint density at radius 1 is 0.460 bits per heavy atom. The molecule has 1 saturated heterocycles. The molecule has 50 heavy (non-hydrogen) atoms. The second-order valence-electron chi connectivity index (χ2n) is 15.3. The van der Waals surface area contributed by atoms with Crippen molar-refractivity contribution in [2.75, 3.05) is 59.4 Å². The van der Waals surface area contributed by atoms with Gasteiger partial charge in [-0.05, 0) is 84.1 Å². The second-order valence-corrected chi connectivity index (χ2v) is 15.3.